The van der Waals surface area contributed by atoms with E-state index in [0.29, 0.717) is 42.9 Å². The number of carboxylic acid groups (broad SMARTS) is 1. The maximum atomic E-state index is 12.2. The van der Waals surface area contributed by atoms with E-state index >= 15 is 0 Å². The molecule has 152 valence electrons. The summed E-state index contributed by atoms with van der Waals surface area (Å²) >= 11 is 0. The number of carbonyl (C=O) groups is 2. The van der Waals surface area contributed by atoms with Gasteiger partial charge in [-0.05, 0) is 49.9 Å². The van der Waals surface area contributed by atoms with Crippen LogP contribution in [0.3, 0.4) is 0 Å². The van der Waals surface area contributed by atoms with Crippen molar-refractivity contribution in [2.75, 3.05) is 5.32 Å². The second-order valence-electron chi connectivity index (χ2n) is 6.87. The molecule has 9 heteroatoms. The third-order valence-electron chi connectivity index (χ3n) is 4.79. The quantitative estimate of drug-likeness (QED) is 0.494. The van der Waals surface area contributed by atoms with Crippen molar-refractivity contribution in [3.63, 3.8) is 0 Å². The second-order valence-corrected chi connectivity index (χ2v) is 6.87. The minimum atomic E-state index is -0.780. The van der Waals surface area contributed by atoms with Gasteiger partial charge in [0.25, 0.3) is 5.69 Å². The van der Waals surface area contributed by atoms with Crippen molar-refractivity contribution in [3.05, 3.63) is 58.6 Å². The van der Waals surface area contributed by atoms with Crippen LogP contribution < -0.4 is 15.4 Å². The first-order valence-corrected chi connectivity index (χ1v) is 9.23. The fraction of sp³-hybridized carbons (Fsp3) is 0.300. The van der Waals surface area contributed by atoms with Crippen molar-refractivity contribution in [1.29, 1.82) is 0 Å². The molecule has 1 fully saturated rings. The van der Waals surface area contributed by atoms with Gasteiger partial charge in [0.05, 0.1) is 10.8 Å². The van der Waals surface area contributed by atoms with E-state index in [1.165, 1.54) is 24.3 Å². The first kappa shape index (κ1) is 20.1. The molecule has 3 N–H and O–H groups in total. The van der Waals surface area contributed by atoms with Gasteiger partial charge in [0.1, 0.15) is 11.5 Å². The maximum absolute atomic E-state index is 12.2. The first-order chi connectivity index (χ1) is 13.9. The lowest BCUT2D eigenvalue weighted by molar-refractivity contribution is -0.384. The van der Waals surface area contributed by atoms with Gasteiger partial charge in [-0.15, -0.1) is 0 Å². The topological polar surface area (TPSA) is 131 Å². The molecular formula is C20H21N3O6. The summed E-state index contributed by atoms with van der Waals surface area (Å²) in [6, 6.07) is 12.1. The van der Waals surface area contributed by atoms with Gasteiger partial charge in [-0.1, -0.05) is 6.07 Å². The molecule has 3 rings (SSSR count). The Morgan fingerprint density at radius 3 is 2.34 bits per heavy atom. The number of nitro groups is 1. The lowest BCUT2D eigenvalue weighted by Gasteiger charge is -2.26. The molecule has 0 radical (unpaired) electrons. The highest BCUT2D eigenvalue weighted by atomic mass is 16.6. The second kappa shape index (κ2) is 9.05. The zero-order chi connectivity index (χ0) is 20.8. The molecule has 2 aromatic carbocycles. The van der Waals surface area contributed by atoms with Crippen LogP contribution in [0.15, 0.2) is 48.5 Å². The van der Waals surface area contributed by atoms with Crippen LogP contribution in [0.2, 0.25) is 0 Å². The van der Waals surface area contributed by atoms with Crippen LogP contribution in [0.4, 0.5) is 16.2 Å². The number of carbonyl (C=O) groups excluding carboxylic acids is 1. The van der Waals surface area contributed by atoms with E-state index in [1.807, 2.05) is 0 Å². The van der Waals surface area contributed by atoms with Crippen LogP contribution in [0.25, 0.3) is 0 Å². The van der Waals surface area contributed by atoms with E-state index in [1.54, 1.807) is 24.3 Å². The van der Waals surface area contributed by atoms with Crippen molar-refractivity contribution in [1.82, 2.24) is 5.32 Å². The Kier molecular flexibility index (Phi) is 6.28. The molecule has 1 aliphatic rings. The lowest BCUT2D eigenvalue weighted by atomic mass is 9.86. The Morgan fingerprint density at radius 2 is 1.72 bits per heavy atom. The van der Waals surface area contributed by atoms with Crippen molar-refractivity contribution in [3.8, 4) is 11.5 Å². The Morgan fingerprint density at radius 1 is 1.03 bits per heavy atom. The number of carboxylic acids is 1. The van der Waals surface area contributed by atoms with Crippen LogP contribution in [0, 0.1) is 16.0 Å². The predicted octanol–water partition coefficient (Wildman–Crippen LogP) is 4.15. The molecular weight excluding hydrogens is 378 g/mol. The lowest BCUT2D eigenvalue weighted by Crippen LogP contribution is -2.40. The average Bonchev–Trinajstić information content (AvgIpc) is 2.69. The molecule has 0 saturated heterocycles. The predicted molar refractivity (Wildman–Crippen MR) is 105 cm³/mol. The minimum Gasteiger partial charge on any atom is -0.481 e. The summed E-state index contributed by atoms with van der Waals surface area (Å²) in [5, 5.41) is 25.3. The van der Waals surface area contributed by atoms with Gasteiger partial charge in [0.2, 0.25) is 0 Å². The molecule has 0 bridgehead atoms. The number of nitro benzene ring substituents is 1. The summed E-state index contributed by atoms with van der Waals surface area (Å²) in [5.74, 6) is -0.201. The molecule has 9 nitrogen and oxygen atoms in total. The molecule has 0 aliphatic heterocycles. The zero-order valence-corrected chi connectivity index (χ0v) is 15.5. The number of urea groups is 1. The number of amides is 2. The van der Waals surface area contributed by atoms with Gasteiger partial charge in [-0.25, -0.2) is 4.79 Å². The van der Waals surface area contributed by atoms with Gasteiger partial charge >= 0.3 is 12.0 Å². The summed E-state index contributed by atoms with van der Waals surface area (Å²) in [6.45, 7) is 0. The Hall–Kier alpha value is -3.62. The fourth-order valence-corrected chi connectivity index (χ4v) is 3.25. The van der Waals surface area contributed by atoms with Gasteiger partial charge in [-0.2, -0.15) is 0 Å². The number of anilines is 1. The van der Waals surface area contributed by atoms with E-state index < -0.39 is 10.9 Å². The van der Waals surface area contributed by atoms with Crippen molar-refractivity contribution in [2.45, 2.75) is 31.7 Å². The van der Waals surface area contributed by atoms with E-state index in [9.17, 15) is 19.7 Å². The van der Waals surface area contributed by atoms with Crippen molar-refractivity contribution < 1.29 is 24.4 Å². The number of nitrogens with one attached hydrogen (secondary N) is 2. The van der Waals surface area contributed by atoms with Crippen LogP contribution in [-0.2, 0) is 4.79 Å². The van der Waals surface area contributed by atoms with Gasteiger partial charge in [0, 0.05) is 29.9 Å². The van der Waals surface area contributed by atoms with Crippen LogP contribution in [0.5, 0.6) is 11.5 Å². The molecule has 0 atom stereocenters. The molecule has 1 aliphatic carbocycles. The minimum absolute atomic E-state index is 0.0261. The molecule has 0 heterocycles. The van der Waals surface area contributed by atoms with E-state index in [2.05, 4.69) is 10.6 Å². The van der Waals surface area contributed by atoms with E-state index in [0.717, 1.165) is 0 Å². The van der Waals surface area contributed by atoms with Gasteiger partial charge < -0.3 is 20.5 Å². The third-order valence-corrected chi connectivity index (χ3v) is 4.79. The highest BCUT2D eigenvalue weighted by molar-refractivity contribution is 5.89. The molecule has 2 amide bonds. The number of benzene rings is 2. The summed E-state index contributed by atoms with van der Waals surface area (Å²) in [7, 11) is 0. The summed E-state index contributed by atoms with van der Waals surface area (Å²) < 4.78 is 5.67. The van der Waals surface area contributed by atoms with E-state index in [-0.39, 0.29) is 23.7 Å². The monoisotopic (exact) mass is 399 g/mol. The standard InChI is InChI=1S/C20H21N3O6/c24-19(25)13-4-6-14(7-5-13)21-20(26)22-15-2-1-3-18(12-15)29-17-10-8-16(9-11-17)23(27)28/h1-3,8-14H,4-7H2,(H,24,25)(H2,21,22,26). The zero-order valence-electron chi connectivity index (χ0n) is 15.5. The highest BCUT2D eigenvalue weighted by Gasteiger charge is 2.26. The van der Waals surface area contributed by atoms with Crippen LogP contribution in [0.1, 0.15) is 25.7 Å². The molecule has 0 unspecified atom stereocenters. The number of ether oxygens (including phenoxy) is 1. The molecule has 0 aromatic heterocycles. The number of nitrogens with zero attached hydrogens (tertiary/aromatic N) is 1. The van der Waals surface area contributed by atoms with Gasteiger partial charge in [0.15, 0.2) is 0 Å². The summed E-state index contributed by atoms with van der Waals surface area (Å²) in [6.07, 6.45) is 2.37. The number of non-ortho nitro benzene ring substituents is 1. The van der Waals surface area contributed by atoms with E-state index in [4.69, 9.17) is 9.84 Å². The number of aliphatic carboxylic acids is 1. The van der Waals surface area contributed by atoms with Crippen molar-refractivity contribution in [2.24, 2.45) is 5.92 Å². The van der Waals surface area contributed by atoms with Crippen molar-refractivity contribution >= 4 is 23.4 Å². The number of hydrogen-bond acceptors (Lipinski definition) is 5. The van der Waals surface area contributed by atoms with Crippen LogP contribution in [-0.4, -0.2) is 28.1 Å². The maximum Gasteiger partial charge on any atom is 0.319 e. The Labute approximate surface area is 166 Å². The Balaban J connectivity index is 1.53. The third kappa shape index (κ3) is 5.68. The first-order valence-electron chi connectivity index (χ1n) is 9.23. The number of rotatable bonds is 6. The normalized spacial score (nSPS) is 18.5. The Bertz CT molecular complexity index is 891. The molecule has 29 heavy (non-hydrogen) atoms. The molecule has 1 saturated carbocycles. The highest BCUT2D eigenvalue weighted by Crippen LogP contribution is 2.27. The fourth-order valence-electron chi connectivity index (χ4n) is 3.25. The average molecular weight is 399 g/mol. The summed E-state index contributed by atoms with van der Waals surface area (Å²) in [4.78, 5) is 33.4. The van der Waals surface area contributed by atoms with Crippen LogP contribution >= 0.6 is 0 Å². The molecule has 2 aromatic rings. The molecule has 0 spiro atoms. The smallest absolute Gasteiger partial charge is 0.319 e. The largest absolute Gasteiger partial charge is 0.481 e. The summed E-state index contributed by atoms with van der Waals surface area (Å²) in [5.41, 5.74) is 0.503. The SMILES string of the molecule is O=C(Nc1cccc(Oc2ccc([N+](=O)[O-])cc2)c1)NC1CCC(C(=O)O)CC1. The number of hydrogen-bond donors (Lipinski definition) is 3. The van der Waals surface area contributed by atoms with Gasteiger partial charge in [-0.3, -0.25) is 14.9 Å².